The van der Waals surface area contributed by atoms with Crippen molar-refractivity contribution in [1.29, 1.82) is 0 Å². The Morgan fingerprint density at radius 1 is 1.39 bits per heavy atom. The van der Waals surface area contributed by atoms with Gasteiger partial charge in [0.05, 0.1) is 12.1 Å². The molecule has 0 fully saturated rings. The van der Waals surface area contributed by atoms with Gasteiger partial charge >= 0.3 is 0 Å². The van der Waals surface area contributed by atoms with Crippen LogP contribution in [-0.4, -0.2) is 36.2 Å². The molecular weight excluding hydrogens is 292 g/mol. The van der Waals surface area contributed by atoms with Gasteiger partial charge in [0.25, 0.3) is 0 Å². The lowest BCUT2D eigenvalue weighted by atomic mass is 9.95. The third kappa shape index (κ3) is 3.09. The van der Waals surface area contributed by atoms with Crippen LogP contribution >= 0.6 is 0 Å². The summed E-state index contributed by atoms with van der Waals surface area (Å²) in [4.78, 5) is 21.0. The second-order valence-electron chi connectivity index (χ2n) is 6.55. The normalized spacial score (nSPS) is 17.6. The maximum absolute atomic E-state index is 12.7. The number of hydrogen-bond acceptors (Lipinski definition) is 5. The summed E-state index contributed by atoms with van der Waals surface area (Å²) in [6, 6.07) is 0. The van der Waals surface area contributed by atoms with Crippen LogP contribution in [0, 0.1) is 0 Å². The van der Waals surface area contributed by atoms with Gasteiger partial charge in [-0.25, -0.2) is 4.98 Å². The molecule has 0 saturated carbocycles. The fourth-order valence-corrected chi connectivity index (χ4v) is 2.74. The zero-order valence-electron chi connectivity index (χ0n) is 13.8. The molecular formula is C16H22N6O. The SMILES string of the molecule is CCC(C)(C)NC(=O)C1CCCn2c(-c3cnccn3)nnc21. The van der Waals surface area contributed by atoms with E-state index in [2.05, 4.69) is 32.4 Å². The van der Waals surface area contributed by atoms with Crippen LogP contribution in [0.2, 0.25) is 0 Å². The van der Waals surface area contributed by atoms with E-state index in [4.69, 9.17) is 0 Å². The lowest BCUT2D eigenvalue weighted by Crippen LogP contribution is -2.46. The molecule has 1 unspecified atom stereocenters. The Balaban J connectivity index is 1.89. The third-order valence-corrected chi connectivity index (χ3v) is 4.42. The summed E-state index contributed by atoms with van der Waals surface area (Å²) in [6.07, 6.45) is 7.52. The summed E-state index contributed by atoms with van der Waals surface area (Å²) >= 11 is 0. The summed E-state index contributed by atoms with van der Waals surface area (Å²) in [5, 5.41) is 11.6. The summed E-state index contributed by atoms with van der Waals surface area (Å²) in [7, 11) is 0. The fourth-order valence-electron chi connectivity index (χ4n) is 2.74. The van der Waals surface area contributed by atoms with Crippen molar-refractivity contribution in [3.63, 3.8) is 0 Å². The fraction of sp³-hybridized carbons (Fsp3) is 0.562. The second kappa shape index (κ2) is 6.06. The number of amides is 1. The quantitative estimate of drug-likeness (QED) is 0.932. The van der Waals surface area contributed by atoms with Crippen LogP contribution < -0.4 is 5.32 Å². The molecule has 1 atom stereocenters. The zero-order chi connectivity index (χ0) is 16.4. The number of fused-ring (bicyclic) bond motifs is 1. The van der Waals surface area contributed by atoms with Crippen molar-refractivity contribution in [2.24, 2.45) is 0 Å². The molecule has 2 aromatic rings. The molecule has 3 rings (SSSR count). The maximum atomic E-state index is 12.7. The van der Waals surface area contributed by atoms with Gasteiger partial charge < -0.3 is 9.88 Å². The van der Waals surface area contributed by atoms with E-state index in [9.17, 15) is 4.79 Å². The standard InChI is InChI=1S/C16H22N6O/c1-4-16(2,3)19-15(23)11-6-5-9-22-13(11)20-21-14(22)12-10-17-7-8-18-12/h7-8,10-11H,4-6,9H2,1-3H3,(H,19,23). The first-order valence-corrected chi connectivity index (χ1v) is 8.03. The highest BCUT2D eigenvalue weighted by Gasteiger charge is 2.33. The predicted molar refractivity (Wildman–Crippen MR) is 85.5 cm³/mol. The molecule has 0 aliphatic carbocycles. The van der Waals surface area contributed by atoms with Crippen molar-refractivity contribution < 1.29 is 4.79 Å². The Bertz CT molecular complexity index is 694. The smallest absolute Gasteiger partial charge is 0.231 e. The first-order chi connectivity index (χ1) is 11.0. The van der Waals surface area contributed by atoms with Crippen LogP contribution in [0.4, 0.5) is 0 Å². The Morgan fingerprint density at radius 3 is 2.91 bits per heavy atom. The largest absolute Gasteiger partial charge is 0.351 e. The number of carbonyl (C=O) groups is 1. The molecule has 7 nitrogen and oxygen atoms in total. The molecule has 122 valence electrons. The Morgan fingerprint density at radius 2 is 2.22 bits per heavy atom. The predicted octanol–water partition coefficient (Wildman–Crippen LogP) is 1.92. The lowest BCUT2D eigenvalue weighted by molar-refractivity contribution is -0.124. The highest BCUT2D eigenvalue weighted by atomic mass is 16.2. The third-order valence-electron chi connectivity index (χ3n) is 4.42. The van der Waals surface area contributed by atoms with Gasteiger partial charge in [0.2, 0.25) is 5.91 Å². The highest BCUT2D eigenvalue weighted by Crippen LogP contribution is 2.30. The number of carbonyl (C=O) groups excluding carboxylic acids is 1. The van der Waals surface area contributed by atoms with Crippen molar-refractivity contribution in [1.82, 2.24) is 30.0 Å². The minimum atomic E-state index is -0.257. The molecule has 7 heteroatoms. The van der Waals surface area contributed by atoms with Crippen molar-refractivity contribution in [2.45, 2.75) is 58.0 Å². The van der Waals surface area contributed by atoms with Crippen molar-refractivity contribution >= 4 is 5.91 Å². The van der Waals surface area contributed by atoms with Gasteiger partial charge in [0, 0.05) is 24.5 Å². The summed E-state index contributed by atoms with van der Waals surface area (Å²) in [5.41, 5.74) is 0.467. The minimum absolute atomic E-state index is 0.0240. The maximum Gasteiger partial charge on any atom is 0.231 e. The van der Waals surface area contributed by atoms with E-state index in [1.165, 1.54) is 0 Å². The lowest BCUT2D eigenvalue weighted by Gasteiger charge is -2.29. The first kappa shape index (κ1) is 15.6. The van der Waals surface area contributed by atoms with Crippen LogP contribution in [0.5, 0.6) is 0 Å². The van der Waals surface area contributed by atoms with Gasteiger partial charge in [-0.05, 0) is 33.1 Å². The van der Waals surface area contributed by atoms with E-state index < -0.39 is 0 Å². The van der Waals surface area contributed by atoms with E-state index in [0.29, 0.717) is 11.5 Å². The number of rotatable bonds is 4. The average Bonchev–Trinajstić information content (AvgIpc) is 2.99. The summed E-state index contributed by atoms with van der Waals surface area (Å²) in [6.45, 7) is 6.93. The summed E-state index contributed by atoms with van der Waals surface area (Å²) < 4.78 is 2.00. The van der Waals surface area contributed by atoms with Gasteiger partial charge in [0.15, 0.2) is 5.82 Å². The Hall–Kier alpha value is -2.31. The molecule has 2 aromatic heterocycles. The Kier molecular flexibility index (Phi) is 4.11. The molecule has 1 aliphatic rings. The number of hydrogen-bond donors (Lipinski definition) is 1. The number of nitrogens with one attached hydrogen (secondary N) is 1. The molecule has 0 saturated heterocycles. The van der Waals surface area contributed by atoms with E-state index in [0.717, 1.165) is 31.6 Å². The molecule has 1 amide bonds. The molecule has 1 N–H and O–H groups in total. The average molecular weight is 314 g/mol. The van der Waals surface area contributed by atoms with Crippen LogP contribution in [0.15, 0.2) is 18.6 Å². The summed E-state index contributed by atoms with van der Waals surface area (Å²) in [5.74, 6) is 1.17. The molecule has 3 heterocycles. The van der Waals surface area contributed by atoms with Crippen LogP contribution in [-0.2, 0) is 11.3 Å². The van der Waals surface area contributed by atoms with Gasteiger partial charge in [0.1, 0.15) is 11.5 Å². The number of nitrogens with zero attached hydrogens (tertiary/aromatic N) is 5. The van der Waals surface area contributed by atoms with Crippen molar-refractivity contribution in [3.05, 3.63) is 24.4 Å². The molecule has 0 bridgehead atoms. The Labute approximate surface area is 135 Å². The molecule has 23 heavy (non-hydrogen) atoms. The highest BCUT2D eigenvalue weighted by molar-refractivity contribution is 5.83. The molecule has 0 aromatic carbocycles. The zero-order valence-corrected chi connectivity index (χ0v) is 13.8. The van der Waals surface area contributed by atoms with Crippen LogP contribution in [0.25, 0.3) is 11.5 Å². The van der Waals surface area contributed by atoms with Gasteiger partial charge in [-0.2, -0.15) is 0 Å². The van der Waals surface area contributed by atoms with Gasteiger partial charge in [-0.3, -0.25) is 9.78 Å². The second-order valence-corrected chi connectivity index (χ2v) is 6.55. The van der Waals surface area contributed by atoms with Crippen LogP contribution in [0.3, 0.4) is 0 Å². The van der Waals surface area contributed by atoms with E-state index in [-0.39, 0.29) is 17.4 Å². The molecule has 0 spiro atoms. The monoisotopic (exact) mass is 314 g/mol. The molecule has 0 radical (unpaired) electrons. The first-order valence-electron chi connectivity index (χ1n) is 8.03. The van der Waals surface area contributed by atoms with Gasteiger partial charge in [-0.15, -0.1) is 10.2 Å². The topological polar surface area (TPSA) is 85.6 Å². The van der Waals surface area contributed by atoms with Crippen molar-refractivity contribution in [2.75, 3.05) is 0 Å². The van der Waals surface area contributed by atoms with Gasteiger partial charge in [-0.1, -0.05) is 6.92 Å². The number of aromatic nitrogens is 5. The van der Waals surface area contributed by atoms with E-state index in [1.807, 2.05) is 18.4 Å². The minimum Gasteiger partial charge on any atom is -0.351 e. The van der Waals surface area contributed by atoms with Crippen LogP contribution in [0.1, 0.15) is 51.8 Å². The van der Waals surface area contributed by atoms with E-state index in [1.54, 1.807) is 18.6 Å². The van der Waals surface area contributed by atoms with Crippen molar-refractivity contribution in [3.8, 4) is 11.5 Å². The molecule has 1 aliphatic heterocycles. The van der Waals surface area contributed by atoms with E-state index >= 15 is 0 Å².